The number of rotatable bonds is 3. The predicted molar refractivity (Wildman–Crippen MR) is 53.4 cm³/mol. The van der Waals surface area contributed by atoms with E-state index in [-0.39, 0.29) is 18.4 Å². The molecule has 0 radical (unpaired) electrons. The summed E-state index contributed by atoms with van der Waals surface area (Å²) >= 11 is 0. The summed E-state index contributed by atoms with van der Waals surface area (Å²) in [5, 5.41) is 9.06. The second kappa shape index (κ2) is 5.11. The highest BCUT2D eigenvalue weighted by Crippen LogP contribution is 2.23. The molecule has 5 nitrogen and oxygen atoms in total. The molecule has 2 unspecified atom stereocenters. The number of hydrogen-bond acceptors (Lipinski definition) is 3. The molecule has 1 aliphatic heterocycles. The van der Waals surface area contributed by atoms with E-state index >= 15 is 0 Å². The molecule has 1 N–H and O–H groups in total. The first-order valence-corrected chi connectivity index (χ1v) is 5.09. The van der Waals surface area contributed by atoms with Gasteiger partial charge in [-0.3, -0.25) is 4.79 Å². The lowest BCUT2D eigenvalue weighted by Crippen LogP contribution is -2.52. The van der Waals surface area contributed by atoms with Crippen molar-refractivity contribution in [2.45, 2.75) is 25.8 Å². The molecular formula is C10H17NO4. The Labute approximate surface area is 89.0 Å². The van der Waals surface area contributed by atoms with E-state index in [1.54, 1.807) is 0 Å². The Bertz CT molecular complexity index is 254. The quantitative estimate of drug-likeness (QED) is 0.737. The van der Waals surface area contributed by atoms with E-state index in [2.05, 4.69) is 0 Å². The normalized spacial score (nSPS) is 26.4. The van der Waals surface area contributed by atoms with Crippen LogP contribution in [-0.2, 0) is 14.3 Å². The monoisotopic (exact) mass is 215 g/mol. The molecule has 1 fully saturated rings. The number of piperidine rings is 1. The van der Waals surface area contributed by atoms with Crippen LogP contribution in [0.3, 0.4) is 0 Å². The second-order valence-electron chi connectivity index (χ2n) is 3.92. The van der Waals surface area contributed by atoms with Gasteiger partial charge in [-0.15, -0.1) is 0 Å². The first-order valence-electron chi connectivity index (χ1n) is 5.09. The van der Waals surface area contributed by atoms with Crippen LogP contribution in [0.1, 0.15) is 19.8 Å². The molecule has 0 aromatic carbocycles. The van der Waals surface area contributed by atoms with Crippen molar-refractivity contribution in [1.82, 2.24) is 4.90 Å². The third-order valence-corrected chi connectivity index (χ3v) is 2.77. The smallest absolute Gasteiger partial charge is 0.326 e. The predicted octanol–water partition coefficient (Wildman–Crippen LogP) is 0.344. The Kier molecular flexibility index (Phi) is 4.08. The Balaban J connectivity index is 2.74. The summed E-state index contributed by atoms with van der Waals surface area (Å²) < 4.78 is 4.74. The summed E-state index contributed by atoms with van der Waals surface area (Å²) in [5.41, 5.74) is 0. The maximum absolute atomic E-state index is 11.6. The summed E-state index contributed by atoms with van der Waals surface area (Å²) in [4.78, 5) is 24.1. The van der Waals surface area contributed by atoms with Gasteiger partial charge >= 0.3 is 5.97 Å². The zero-order valence-electron chi connectivity index (χ0n) is 9.10. The van der Waals surface area contributed by atoms with E-state index in [0.717, 1.165) is 12.8 Å². The molecule has 1 heterocycles. The number of carboxylic acids is 1. The van der Waals surface area contributed by atoms with Gasteiger partial charge in [0, 0.05) is 13.7 Å². The molecule has 0 bridgehead atoms. The maximum Gasteiger partial charge on any atom is 0.326 e. The molecule has 0 aromatic rings. The molecule has 1 saturated heterocycles. The topological polar surface area (TPSA) is 66.8 Å². The molecule has 2 atom stereocenters. The molecule has 5 heteroatoms. The van der Waals surface area contributed by atoms with Gasteiger partial charge in [-0.25, -0.2) is 4.79 Å². The van der Waals surface area contributed by atoms with Crippen LogP contribution >= 0.6 is 0 Å². The number of methoxy groups -OCH3 is 1. The third-order valence-electron chi connectivity index (χ3n) is 2.77. The summed E-state index contributed by atoms with van der Waals surface area (Å²) in [6.07, 6.45) is 1.72. The Morgan fingerprint density at radius 2 is 2.20 bits per heavy atom. The van der Waals surface area contributed by atoms with E-state index in [0.29, 0.717) is 6.54 Å². The lowest BCUT2D eigenvalue weighted by molar-refractivity contribution is -0.156. The maximum atomic E-state index is 11.6. The van der Waals surface area contributed by atoms with Crippen molar-refractivity contribution < 1.29 is 19.4 Å². The third kappa shape index (κ3) is 2.68. The van der Waals surface area contributed by atoms with E-state index in [1.165, 1.54) is 12.0 Å². The van der Waals surface area contributed by atoms with Gasteiger partial charge in [-0.05, 0) is 18.8 Å². The summed E-state index contributed by atoms with van der Waals surface area (Å²) in [6.45, 7) is 2.34. The van der Waals surface area contributed by atoms with Gasteiger partial charge < -0.3 is 14.7 Å². The van der Waals surface area contributed by atoms with Gasteiger partial charge in [0.1, 0.15) is 12.6 Å². The number of nitrogens with zero attached hydrogens (tertiary/aromatic N) is 1. The fourth-order valence-electron chi connectivity index (χ4n) is 2.05. The highest BCUT2D eigenvalue weighted by atomic mass is 16.5. The van der Waals surface area contributed by atoms with Crippen molar-refractivity contribution in [3.05, 3.63) is 0 Å². The van der Waals surface area contributed by atoms with Crippen molar-refractivity contribution in [3.8, 4) is 0 Å². The molecule has 0 saturated carbocycles. The Hall–Kier alpha value is -1.10. The molecule has 0 spiro atoms. The lowest BCUT2D eigenvalue weighted by atomic mass is 9.91. The summed E-state index contributed by atoms with van der Waals surface area (Å²) in [6, 6.07) is -0.693. The summed E-state index contributed by atoms with van der Waals surface area (Å²) in [5.74, 6) is -1.15. The average molecular weight is 215 g/mol. The van der Waals surface area contributed by atoms with E-state index in [9.17, 15) is 9.59 Å². The fraction of sp³-hybridized carbons (Fsp3) is 0.800. The number of likely N-dealkylation sites (tertiary alicyclic amines) is 1. The number of amides is 1. The van der Waals surface area contributed by atoms with E-state index in [1.807, 2.05) is 6.92 Å². The molecule has 1 rings (SSSR count). The molecule has 1 amide bonds. The van der Waals surface area contributed by atoms with E-state index < -0.39 is 12.0 Å². The first-order chi connectivity index (χ1) is 7.07. The van der Waals surface area contributed by atoms with Crippen LogP contribution in [0.15, 0.2) is 0 Å². The Morgan fingerprint density at radius 1 is 1.53 bits per heavy atom. The second-order valence-corrected chi connectivity index (χ2v) is 3.92. The van der Waals surface area contributed by atoms with Gasteiger partial charge in [0.25, 0.3) is 0 Å². The molecule has 1 aliphatic rings. The number of carbonyl (C=O) groups is 2. The minimum atomic E-state index is -0.924. The standard InChI is InChI=1S/C10H17NO4/c1-7-4-3-5-11(8(12)6-15-2)9(7)10(13)14/h7,9H,3-6H2,1-2H3,(H,13,14). The van der Waals surface area contributed by atoms with Crippen molar-refractivity contribution in [3.63, 3.8) is 0 Å². The number of carbonyl (C=O) groups excluding carboxylic acids is 1. The van der Waals surface area contributed by atoms with Crippen LogP contribution in [0, 0.1) is 5.92 Å². The SMILES string of the molecule is COCC(=O)N1CCCC(C)C1C(=O)O. The molecule has 0 aliphatic carbocycles. The van der Waals surface area contributed by atoms with Gasteiger partial charge in [-0.1, -0.05) is 6.92 Å². The van der Waals surface area contributed by atoms with Crippen LogP contribution in [0.4, 0.5) is 0 Å². The van der Waals surface area contributed by atoms with Gasteiger partial charge in [0.05, 0.1) is 0 Å². The Morgan fingerprint density at radius 3 is 2.73 bits per heavy atom. The number of aliphatic carboxylic acids is 1. The number of hydrogen-bond donors (Lipinski definition) is 1. The zero-order chi connectivity index (χ0) is 11.4. The lowest BCUT2D eigenvalue weighted by Gasteiger charge is -2.37. The van der Waals surface area contributed by atoms with Gasteiger partial charge in [0.2, 0.25) is 5.91 Å². The van der Waals surface area contributed by atoms with Crippen LogP contribution < -0.4 is 0 Å². The largest absolute Gasteiger partial charge is 0.480 e. The number of ether oxygens (including phenoxy) is 1. The molecule has 86 valence electrons. The molecular weight excluding hydrogens is 198 g/mol. The van der Waals surface area contributed by atoms with Gasteiger partial charge in [0.15, 0.2) is 0 Å². The van der Waals surface area contributed by atoms with Crippen molar-refractivity contribution >= 4 is 11.9 Å². The summed E-state index contributed by atoms with van der Waals surface area (Å²) in [7, 11) is 1.43. The van der Waals surface area contributed by atoms with Crippen molar-refractivity contribution in [1.29, 1.82) is 0 Å². The van der Waals surface area contributed by atoms with Crippen LogP contribution in [0.5, 0.6) is 0 Å². The minimum Gasteiger partial charge on any atom is -0.480 e. The van der Waals surface area contributed by atoms with Gasteiger partial charge in [-0.2, -0.15) is 0 Å². The van der Waals surface area contributed by atoms with Crippen LogP contribution in [0.25, 0.3) is 0 Å². The number of carboxylic acid groups (broad SMARTS) is 1. The average Bonchev–Trinajstić information content (AvgIpc) is 2.17. The van der Waals surface area contributed by atoms with Crippen molar-refractivity contribution in [2.24, 2.45) is 5.92 Å². The highest BCUT2D eigenvalue weighted by molar-refractivity contribution is 5.84. The van der Waals surface area contributed by atoms with Crippen LogP contribution in [0.2, 0.25) is 0 Å². The molecule has 15 heavy (non-hydrogen) atoms. The first kappa shape index (κ1) is 12.0. The highest BCUT2D eigenvalue weighted by Gasteiger charge is 2.36. The fourth-order valence-corrected chi connectivity index (χ4v) is 2.05. The van der Waals surface area contributed by atoms with Crippen LogP contribution in [-0.4, -0.2) is 48.2 Å². The zero-order valence-corrected chi connectivity index (χ0v) is 9.10. The van der Waals surface area contributed by atoms with Crippen molar-refractivity contribution in [2.75, 3.05) is 20.3 Å². The van der Waals surface area contributed by atoms with E-state index in [4.69, 9.17) is 9.84 Å². The molecule has 0 aromatic heterocycles. The minimum absolute atomic E-state index is 0.0112.